The first-order chi connectivity index (χ1) is 5.74. The molecule has 0 aliphatic heterocycles. The van der Waals surface area contributed by atoms with Crippen LogP contribution in [0.3, 0.4) is 0 Å². The molecule has 0 aliphatic carbocycles. The van der Waals surface area contributed by atoms with Crippen molar-refractivity contribution in [2.75, 3.05) is 19.4 Å². The van der Waals surface area contributed by atoms with E-state index in [1.807, 2.05) is 18.8 Å². The first-order valence-corrected chi connectivity index (χ1v) is 5.69. The number of thioether (sulfide) groups is 1. The molecule has 0 radical (unpaired) electrons. The van der Waals surface area contributed by atoms with E-state index in [1.54, 1.807) is 0 Å². The van der Waals surface area contributed by atoms with E-state index in [1.165, 1.54) is 12.8 Å². The molecule has 2 atom stereocenters. The Morgan fingerprint density at radius 1 is 1.50 bits per heavy atom. The lowest BCUT2D eigenvalue weighted by Gasteiger charge is -2.16. The molecule has 0 aromatic carbocycles. The third-order valence-corrected chi connectivity index (χ3v) is 3.20. The monoisotopic (exact) mass is 191 g/mol. The molecule has 0 rings (SSSR count). The Hall–Kier alpha value is 0.270. The summed E-state index contributed by atoms with van der Waals surface area (Å²) in [6.45, 7) is 4.54. The van der Waals surface area contributed by atoms with Gasteiger partial charge in [-0.1, -0.05) is 20.3 Å². The molecule has 2 nitrogen and oxygen atoms in total. The van der Waals surface area contributed by atoms with Crippen molar-refractivity contribution < 1.29 is 5.11 Å². The van der Waals surface area contributed by atoms with Crippen LogP contribution in [0, 0.1) is 0 Å². The van der Waals surface area contributed by atoms with Crippen LogP contribution in [-0.2, 0) is 0 Å². The van der Waals surface area contributed by atoms with Crippen LogP contribution in [-0.4, -0.2) is 35.8 Å². The van der Waals surface area contributed by atoms with Crippen molar-refractivity contribution in [3.8, 4) is 0 Å². The molecule has 12 heavy (non-hydrogen) atoms. The molecular weight excluding hydrogens is 170 g/mol. The lowest BCUT2D eigenvalue weighted by molar-refractivity contribution is 0.300. The number of hydrogen-bond acceptors (Lipinski definition) is 3. The fourth-order valence-corrected chi connectivity index (χ4v) is 1.99. The van der Waals surface area contributed by atoms with Gasteiger partial charge >= 0.3 is 0 Å². The van der Waals surface area contributed by atoms with Gasteiger partial charge in [0, 0.05) is 17.0 Å². The smallest absolute Gasteiger partial charge is 0.0547 e. The minimum Gasteiger partial charge on any atom is -0.395 e. The number of rotatable bonds is 7. The second-order valence-electron chi connectivity index (χ2n) is 3.10. The van der Waals surface area contributed by atoms with Crippen molar-refractivity contribution in [3.05, 3.63) is 0 Å². The van der Waals surface area contributed by atoms with Crippen LogP contribution in [0.5, 0.6) is 0 Å². The van der Waals surface area contributed by atoms with E-state index in [0.29, 0.717) is 11.3 Å². The van der Waals surface area contributed by atoms with E-state index < -0.39 is 0 Å². The highest BCUT2D eigenvalue weighted by Gasteiger charge is 2.07. The molecule has 0 bridgehead atoms. The summed E-state index contributed by atoms with van der Waals surface area (Å²) in [7, 11) is 2.00. The van der Waals surface area contributed by atoms with Gasteiger partial charge in [-0.3, -0.25) is 0 Å². The topological polar surface area (TPSA) is 32.3 Å². The zero-order chi connectivity index (χ0) is 9.40. The fourth-order valence-electron chi connectivity index (χ4n) is 0.993. The summed E-state index contributed by atoms with van der Waals surface area (Å²) >= 11 is 1.84. The molecule has 0 spiro atoms. The summed E-state index contributed by atoms with van der Waals surface area (Å²) in [5, 5.41) is 12.5. The maximum atomic E-state index is 8.81. The van der Waals surface area contributed by atoms with Crippen molar-refractivity contribution in [1.29, 1.82) is 0 Å². The molecule has 0 amide bonds. The summed E-state index contributed by atoms with van der Waals surface area (Å²) in [5.74, 6) is 1.10. The van der Waals surface area contributed by atoms with Crippen molar-refractivity contribution in [2.24, 2.45) is 0 Å². The first-order valence-electron chi connectivity index (χ1n) is 4.64. The zero-order valence-electron chi connectivity index (χ0n) is 8.34. The summed E-state index contributed by atoms with van der Waals surface area (Å²) in [6, 6.07) is 0.606. The van der Waals surface area contributed by atoms with E-state index >= 15 is 0 Å². The molecular formula is C9H21NOS. The van der Waals surface area contributed by atoms with Gasteiger partial charge in [-0.2, -0.15) is 11.8 Å². The van der Waals surface area contributed by atoms with E-state index in [4.69, 9.17) is 5.11 Å². The first kappa shape index (κ1) is 12.3. The molecule has 0 aromatic rings. The predicted molar refractivity (Wildman–Crippen MR) is 56.8 cm³/mol. The van der Waals surface area contributed by atoms with Crippen molar-refractivity contribution >= 4 is 11.8 Å². The SMILES string of the molecule is CCCC(CSC(C)CO)NC. The molecule has 0 fully saturated rings. The van der Waals surface area contributed by atoms with Crippen molar-refractivity contribution in [1.82, 2.24) is 5.32 Å². The summed E-state index contributed by atoms with van der Waals surface area (Å²) < 4.78 is 0. The van der Waals surface area contributed by atoms with Gasteiger partial charge in [0.25, 0.3) is 0 Å². The average Bonchev–Trinajstić information content (AvgIpc) is 2.11. The van der Waals surface area contributed by atoms with E-state index in [-0.39, 0.29) is 6.61 Å². The summed E-state index contributed by atoms with van der Waals surface area (Å²) in [5.41, 5.74) is 0. The van der Waals surface area contributed by atoms with Gasteiger partial charge in [0.15, 0.2) is 0 Å². The van der Waals surface area contributed by atoms with Crippen LogP contribution in [0.25, 0.3) is 0 Å². The molecule has 2 unspecified atom stereocenters. The number of hydrogen-bond donors (Lipinski definition) is 2. The maximum absolute atomic E-state index is 8.81. The zero-order valence-corrected chi connectivity index (χ0v) is 9.16. The maximum Gasteiger partial charge on any atom is 0.0547 e. The average molecular weight is 191 g/mol. The molecule has 3 heteroatoms. The second kappa shape index (κ2) is 7.90. The van der Waals surface area contributed by atoms with Crippen LogP contribution >= 0.6 is 11.8 Å². The lowest BCUT2D eigenvalue weighted by atomic mass is 10.2. The lowest BCUT2D eigenvalue weighted by Crippen LogP contribution is -2.28. The van der Waals surface area contributed by atoms with Crippen molar-refractivity contribution in [2.45, 2.75) is 38.0 Å². The van der Waals surface area contributed by atoms with Gasteiger partial charge in [0.2, 0.25) is 0 Å². The van der Waals surface area contributed by atoms with Gasteiger partial charge in [-0.25, -0.2) is 0 Å². The highest BCUT2D eigenvalue weighted by atomic mass is 32.2. The van der Waals surface area contributed by atoms with E-state index in [0.717, 1.165) is 5.75 Å². The molecule has 74 valence electrons. The fraction of sp³-hybridized carbons (Fsp3) is 1.00. The third-order valence-electron chi connectivity index (χ3n) is 1.88. The quantitative estimate of drug-likeness (QED) is 0.639. The third kappa shape index (κ3) is 5.86. The molecule has 0 heterocycles. The van der Waals surface area contributed by atoms with Gasteiger partial charge in [0.05, 0.1) is 6.61 Å². The largest absolute Gasteiger partial charge is 0.395 e. The standard InChI is InChI=1S/C9H21NOS/c1-4-5-9(10-3)7-12-8(2)6-11/h8-11H,4-7H2,1-3H3. The van der Waals surface area contributed by atoms with Gasteiger partial charge < -0.3 is 10.4 Å². The van der Waals surface area contributed by atoms with Crippen molar-refractivity contribution in [3.63, 3.8) is 0 Å². The Labute approximate surface area is 80.1 Å². The van der Waals surface area contributed by atoms with E-state index in [2.05, 4.69) is 19.2 Å². The summed E-state index contributed by atoms with van der Waals surface area (Å²) in [4.78, 5) is 0. The Morgan fingerprint density at radius 3 is 2.58 bits per heavy atom. The minimum absolute atomic E-state index is 0.285. The molecule has 0 saturated heterocycles. The molecule has 2 N–H and O–H groups in total. The molecule has 0 aromatic heterocycles. The second-order valence-corrected chi connectivity index (χ2v) is 4.57. The Balaban J connectivity index is 3.43. The highest BCUT2D eigenvalue weighted by Crippen LogP contribution is 2.12. The van der Waals surface area contributed by atoms with Crippen LogP contribution in [0.1, 0.15) is 26.7 Å². The Bertz CT molecular complexity index is 101. The van der Waals surface area contributed by atoms with Gasteiger partial charge in [-0.15, -0.1) is 0 Å². The number of aliphatic hydroxyl groups excluding tert-OH is 1. The predicted octanol–water partition coefficient (Wildman–Crippen LogP) is 1.49. The van der Waals surface area contributed by atoms with Crippen LogP contribution in [0.15, 0.2) is 0 Å². The van der Waals surface area contributed by atoms with Gasteiger partial charge in [-0.05, 0) is 13.5 Å². The van der Waals surface area contributed by atoms with E-state index in [9.17, 15) is 0 Å². The molecule has 0 saturated carbocycles. The Kier molecular flexibility index (Phi) is 8.07. The minimum atomic E-state index is 0.285. The van der Waals surface area contributed by atoms with Crippen LogP contribution < -0.4 is 5.32 Å². The Morgan fingerprint density at radius 2 is 2.17 bits per heavy atom. The number of aliphatic hydroxyl groups is 1. The normalized spacial score (nSPS) is 16.0. The number of nitrogens with one attached hydrogen (secondary N) is 1. The van der Waals surface area contributed by atoms with Gasteiger partial charge in [0.1, 0.15) is 0 Å². The van der Waals surface area contributed by atoms with Crippen LogP contribution in [0.2, 0.25) is 0 Å². The molecule has 0 aliphatic rings. The summed E-state index contributed by atoms with van der Waals surface area (Å²) in [6.07, 6.45) is 2.45. The van der Waals surface area contributed by atoms with Crippen LogP contribution in [0.4, 0.5) is 0 Å². The highest BCUT2D eigenvalue weighted by molar-refractivity contribution is 7.99.